The lowest BCUT2D eigenvalue weighted by molar-refractivity contribution is 0.869. The molecule has 26 heavy (non-hydrogen) atoms. The van der Waals surface area contributed by atoms with E-state index in [-0.39, 0.29) is 0 Å². The van der Waals surface area contributed by atoms with Crippen molar-refractivity contribution < 1.29 is 0 Å². The minimum absolute atomic E-state index is 0.493. The van der Waals surface area contributed by atoms with E-state index in [1.54, 1.807) is 0 Å². The molecule has 126 valence electrons. The Kier molecular flexibility index (Phi) is 3.27. The van der Waals surface area contributed by atoms with Gasteiger partial charge in [-0.2, -0.15) is 0 Å². The van der Waals surface area contributed by atoms with Gasteiger partial charge in [-0.05, 0) is 52.1 Å². The minimum atomic E-state index is 0.493. The maximum atomic E-state index is 4.83. The van der Waals surface area contributed by atoms with Crippen LogP contribution < -0.4 is 0 Å². The third-order valence-corrected chi connectivity index (χ3v) is 5.49. The van der Waals surface area contributed by atoms with Crippen LogP contribution in [0.2, 0.25) is 0 Å². The molecular weight excluding hydrogens is 314 g/mol. The van der Waals surface area contributed by atoms with Crippen LogP contribution in [0.5, 0.6) is 0 Å². The zero-order chi connectivity index (χ0) is 17.8. The maximum Gasteiger partial charge on any atom is 0.0792 e. The molecule has 4 aromatic rings. The number of fused-ring (bicyclic) bond motifs is 5. The van der Waals surface area contributed by atoms with Crippen molar-refractivity contribution in [3.8, 4) is 33.5 Å². The molecule has 0 aliphatic heterocycles. The number of aromatic nitrogens is 1. The number of rotatable bonds is 1. The molecule has 1 heteroatoms. The molecule has 1 aliphatic rings. The van der Waals surface area contributed by atoms with Crippen molar-refractivity contribution in [2.24, 2.45) is 0 Å². The number of hydrogen-bond acceptors (Lipinski definition) is 1. The van der Waals surface area contributed by atoms with Gasteiger partial charge in [0.05, 0.1) is 5.69 Å². The minimum Gasteiger partial charge on any atom is -0.256 e. The van der Waals surface area contributed by atoms with Crippen molar-refractivity contribution in [2.75, 3.05) is 0 Å². The van der Waals surface area contributed by atoms with Crippen LogP contribution in [-0.4, -0.2) is 4.98 Å². The standard InChI is InChI=1S/C25H21N/c1-15(2)18-13-17-10-11-26-25-21-9-8-16(3)12-22(21)19-6-4-5-7-20(19)23(14-18)24(17)25/h4-15H,1-3H3. The molecule has 0 amide bonds. The van der Waals surface area contributed by atoms with E-state index >= 15 is 0 Å². The summed E-state index contributed by atoms with van der Waals surface area (Å²) in [6, 6.07) is 22.3. The Morgan fingerprint density at radius 3 is 2.27 bits per heavy atom. The first-order valence-corrected chi connectivity index (χ1v) is 9.27. The molecule has 1 nitrogen and oxygen atoms in total. The summed E-state index contributed by atoms with van der Waals surface area (Å²) in [6.45, 7) is 6.68. The second kappa shape index (κ2) is 5.54. The summed E-state index contributed by atoms with van der Waals surface area (Å²) in [5, 5.41) is 2.55. The molecule has 1 heterocycles. The van der Waals surface area contributed by atoms with Crippen LogP contribution in [0.4, 0.5) is 0 Å². The number of pyridine rings is 1. The summed E-state index contributed by atoms with van der Waals surface area (Å²) in [4.78, 5) is 4.83. The first-order valence-electron chi connectivity index (χ1n) is 9.27. The Morgan fingerprint density at radius 1 is 0.731 bits per heavy atom. The van der Waals surface area contributed by atoms with Crippen molar-refractivity contribution in [2.45, 2.75) is 26.7 Å². The molecule has 5 rings (SSSR count). The highest BCUT2D eigenvalue weighted by atomic mass is 14.7. The maximum absolute atomic E-state index is 4.83. The van der Waals surface area contributed by atoms with Gasteiger partial charge in [-0.1, -0.05) is 74.0 Å². The van der Waals surface area contributed by atoms with Gasteiger partial charge in [-0.3, -0.25) is 4.98 Å². The highest BCUT2D eigenvalue weighted by Gasteiger charge is 2.22. The van der Waals surface area contributed by atoms with Crippen LogP contribution in [0, 0.1) is 6.92 Å². The van der Waals surface area contributed by atoms with Gasteiger partial charge in [-0.15, -0.1) is 0 Å². The largest absolute Gasteiger partial charge is 0.256 e. The summed E-state index contributed by atoms with van der Waals surface area (Å²) in [5.74, 6) is 0.493. The van der Waals surface area contributed by atoms with Crippen LogP contribution in [0.1, 0.15) is 30.9 Å². The van der Waals surface area contributed by atoms with Crippen LogP contribution in [0.25, 0.3) is 44.3 Å². The molecule has 0 saturated carbocycles. The second-order valence-electron chi connectivity index (χ2n) is 7.58. The van der Waals surface area contributed by atoms with Gasteiger partial charge >= 0.3 is 0 Å². The quantitative estimate of drug-likeness (QED) is 0.322. The van der Waals surface area contributed by atoms with Gasteiger partial charge in [0.25, 0.3) is 0 Å². The first kappa shape index (κ1) is 15.3. The molecule has 1 aromatic heterocycles. The van der Waals surface area contributed by atoms with E-state index in [0.29, 0.717) is 5.92 Å². The third kappa shape index (κ3) is 2.13. The fourth-order valence-corrected chi connectivity index (χ4v) is 4.13. The lowest BCUT2D eigenvalue weighted by atomic mass is 9.90. The van der Waals surface area contributed by atoms with Crippen molar-refractivity contribution in [3.63, 3.8) is 0 Å². The zero-order valence-electron chi connectivity index (χ0n) is 15.4. The first-order chi connectivity index (χ1) is 12.6. The molecule has 0 saturated heterocycles. The summed E-state index contributed by atoms with van der Waals surface area (Å²) < 4.78 is 0. The van der Waals surface area contributed by atoms with Gasteiger partial charge in [0, 0.05) is 17.1 Å². The number of aryl methyl sites for hydroxylation is 1. The monoisotopic (exact) mass is 335 g/mol. The van der Waals surface area contributed by atoms with E-state index in [1.165, 1.54) is 49.7 Å². The van der Waals surface area contributed by atoms with E-state index in [9.17, 15) is 0 Å². The van der Waals surface area contributed by atoms with Crippen molar-refractivity contribution in [1.29, 1.82) is 0 Å². The van der Waals surface area contributed by atoms with Crippen LogP contribution >= 0.6 is 0 Å². The van der Waals surface area contributed by atoms with Crippen molar-refractivity contribution >= 4 is 10.8 Å². The summed E-state index contributed by atoms with van der Waals surface area (Å²) in [5.41, 5.74) is 10.2. The summed E-state index contributed by atoms with van der Waals surface area (Å²) in [6.07, 6.45) is 1.95. The highest BCUT2D eigenvalue weighted by Crippen LogP contribution is 2.47. The molecule has 0 N–H and O–H groups in total. The van der Waals surface area contributed by atoms with E-state index in [1.807, 2.05) is 6.20 Å². The van der Waals surface area contributed by atoms with Crippen LogP contribution in [0.15, 0.2) is 66.9 Å². The van der Waals surface area contributed by atoms with E-state index in [0.717, 1.165) is 5.69 Å². The summed E-state index contributed by atoms with van der Waals surface area (Å²) >= 11 is 0. The predicted molar refractivity (Wildman–Crippen MR) is 110 cm³/mol. The SMILES string of the molecule is Cc1ccc2c(c1)-c1ccccc1-c1cc(C(C)C)cc3ccnc-2c13. The van der Waals surface area contributed by atoms with Gasteiger partial charge in [0.1, 0.15) is 0 Å². The van der Waals surface area contributed by atoms with E-state index in [2.05, 4.69) is 81.4 Å². The van der Waals surface area contributed by atoms with Crippen LogP contribution in [-0.2, 0) is 0 Å². The van der Waals surface area contributed by atoms with Gasteiger partial charge in [-0.25, -0.2) is 0 Å². The average Bonchev–Trinajstić information content (AvgIpc) is 2.77. The molecule has 0 radical (unpaired) electrons. The lowest BCUT2D eigenvalue weighted by Crippen LogP contribution is -1.92. The summed E-state index contributed by atoms with van der Waals surface area (Å²) in [7, 11) is 0. The molecular formula is C25H21N. The molecule has 1 aliphatic carbocycles. The number of benzene rings is 3. The van der Waals surface area contributed by atoms with Crippen molar-refractivity contribution in [1.82, 2.24) is 4.98 Å². The Morgan fingerprint density at radius 2 is 1.50 bits per heavy atom. The molecule has 3 aromatic carbocycles. The smallest absolute Gasteiger partial charge is 0.0792 e. The average molecular weight is 335 g/mol. The molecule has 0 bridgehead atoms. The zero-order valence-corrected chi connectivity index (χ0v) is 15.4. The number of hydrogen-bond donors (Lipinski definition) is 0. The predicted octanol–water partition coefficient (Wildman–Crippen LogP) is 6.98. The molecule has 0 fully saturated rings. The van der Waals surface area contributed by atoms with Crippen LogP contribution in [0.3, 0.4) is 0 Å². The molecule has 0 spiro atoms. The normalized spacial score (nSPS) is 12.0. The lowest BCUT2D eigenvalue weighted by Gasteiger charge is -2.14. The Balaban J connectivity index is 2.03. The van der Waals surface area contributed by atoms with E-state index < -0.39 is 0 Å². The Hall–Kier alpha value is -2.93. The topological polar surface area (TPSA) is 12.9 Å². The molecule has 0 atom stereocenters. The fraction of sp³-hybridized carbons (Fsp3) is 0.160. The Bertz CT molecular complexity index is 1170. The fourth-order valence-electron chi connectivity index (χ4n) is 4.13. The Labute approximate surface area is 154 Å². The number of nitrogens with zero attached hydrogens (tertiary/aromatic N) is 1. The van der Waals surface area contributed by atoms with Gasteiger partial charge in [0.2, 0.25) is 0 Å². The van der Waals surface area contributed by atoms with E-state index in [4.69, 9.17) is 4.98 Å². The van der Waals surface area contributed by atoms with Crippen molar-refractivity contribution in [3.05, 3.63) is 78.0 Å². The highest BCUT2D eigenvalue weighted by molar-refractivity contribution is 6.12. The molecule has 0 unspecified atom stereocenters. The van der Waals surface area contributed by atoms with Gasteiger partial charge < -0.3 is 0 Å². The second-order valence-corrected chi connectivity index (χ2v) is 7.58. The third-order valence-electron chi connectivity index (χ3n) is 5.49. The van der Waals surface area contributed by atoms with Gasteiger partial charge in [0.15, 0.2) is 0 Å².